The maximum Gasteiger partial charge on any atom is 0.200 e. The number of benzene rings is 3. The van der Waals surface area contributed by atoms with E-state index in [4.69, 9.17) is 0 Å². The van der Waals surface area contributed by atoms with Crippen molar-refractivity contribution in [3.8, 4) is 22.3 Å². The van der Waals surface area contributed by atoms with Gasteiger partial charge in [-0.2, -0.15) is 0 Å². The van der Waals surface area contributed by atoms with Crippen LogP contribution in [0.5, 0.6) is 0 Å². The Morgan fingerprint density at radius 1 is 0.379 bits per heavy atom. The number of hydrogen-bond acceptors (Lipinski definition) is 0. The maximum atomic E-state index is 15.0. The number of hydrogen-bond donors (Lipinski definition) is 0. The molecule has 10 heteroatoms. The van der Waals surface area contributed by atoms with Crippen LogP contribution in [0.25, 0.3) is 22.3 Å². The van der Waals surface area contributed by atoms with E-state index in [1.807, 2.05) is 0 Å². The van der Waals surface area contributed by atoms with Crippen LogP contribution in [-0.2, 0) is 0 Å². The summed E-state index contributed by atoms with van der Waals surface area (Å²) in [4.78, 5) is 0. The van der Waals surface area contributed by atoms with E-state index in [2.05, 4.69) is 0 Å². The SMILES string of the molecule is Fc1c(F)c(F)c(-c2ccc3c(c2F)-c2c(F)c(F)c(F)c(F)c2[CH]3)c(F)c1F. The van der Waals surface area contributed by atoms with Gasteiger partial charge in [0.25, 0.3) is 0 Å². The minimum atomic E-state index is -2.48. The van der Waals surface area contributed by atoms with Crippen molar-refractivity contribution in [3.05, 3.63) is 87.9 Å². The fraction of sp³-hybridized carbons (Fsp3) is 0. The van der Waals surface area contributed by atoms with E-state index in [9.17, 15) is 39.5 Å². The van der Waals surface area contributed by atoms with Gasteiger partial charge in [0, 0.05) is 28.7 Å². The number of rotatable bonds is 1. The summed E-state index contributed by atoms with van der Waals surface area (Å²) in [5.74, 6) is -21.9. The molecule has 0 saturated heterocycles. The molecule has 149 valence electrons. The molecule has 4 rings (SSSR count). The van der Waals surface area contributed by atoms with Crippen LogP contribution in [-0.4, -0.2) is 0 Å². The molecule has 0 unspecified atom stereocenters. The summed E-state index contributed by atoms with van der Waals surface area (Å²) in [5.41, 5.74) is -6.03. The molecule has 0 N–H and O–H groups in total. The van der Waals surface area contributed by atoms with Gasteiger partial charge in [0.15, 0.2) is 46.5 Å². The summed E-state index contributed by atoms with van der Waals surface area (Å²) in [5, 5.41) is 0. The predicted molar refractivity (Wildman–Crippen MR) is 79.4 cm³/mol. The Hall–Kier alpha value is -3.04. The van der Waals surface area contributed by atoms with Gasteiger partial charge in [-0.3, -0.25) is 0 Å². The summed E-state index contributed by atoms with van der Waals surface area (Å²) >= 11 is 0. The lowest BCUT2D eigenvalue weighted by Gasteiger charge is -2.13. The average Bonchev–Trinajstić information content (AvgIpc) is 3.10. The van der Waals surface area contributed by atoms with Crippen molar-refractivity contribution in [1.82, 2.24) is 0 Å². The van der Waals surface area contributed by atoms with E-state index >= 15 is 4.39 Å². The Balaban J connectivity index is 2.08. The Morgan fingerprint density at radius 2 is 0.828 bits per heavy atom. The first-order chi connectivity index (χ1) is 13.6. The number of fused-ring (bicyclic) bond motifs is 3. The van der Waals surface area contributed by atoms with Crippen LogP contribution < -0.4 is 0 Å². The van der Waals surface area contributed by atoms with Gasteiger partial charge < -0.3 is 0 Å². The summed E-state index contributed by atoms with van der Waals surface area (Å²) in [6.07, 6.45) is 0.747. The summed E-state index contributed by atoms with van der Waals surface area (Å²) in [6, 6.07) is 1.46. The molecule has 1 radical (unpaired) electrons. The fourth-order valence-electron chi connectivity index (χ4n) is 3.18. The number of halogens is 10. The monoisotopic (exact) mass is 421 g/mol. The van der Waals surface area contributed by atoms with Crippen molar-refractivity contribution in [2.75, 3.05) is 0 Å². The van der Waals surface area contributed by atoms with Gasteiger partial charge in [-0.05, 0) is 5.56 Å². The minimum absolute atomic E-state index is 0.326. The third-order valence-corrected chi connectivity index (χ3v) is 4.51. The topological polar surface area (TPSA) is 0 Å². The summed E-state index contributed by atoms with van der Waals surface area (Å²) in [7, 11) is 0. The second kappa shape index (κ2) is 6.23. The zero-order valence-corrected chi connectivity index (χ0v) is 13.5. The van der Waals surface area contributed by atoms with Crippen LogP contribution in [0.15, 0.2) is 12.1 Å². The molecule has 0 spiro atoms. The van der Waals surface area contributed by atoms with Crippen molar-refractivity contribution in [1.29, 1.82) is 0 Å². The molecule has 0 atom stereocenters. The molecule has 0 heterocycles. The van der Waals surface area contributed by atoms with Crippen molar-refractivity contribution in [2.24, 2.45) is 0 Å². The summed E-state index contributed by atoms with van der Waals surface area (Å²) < 4.78 is 138. The van der Waals surface area contributed by atoms with Crippen LogP contribution in [0.4, 0.5) is 43.9 Å². The molecular formula is C19H3F10. The Labute approximate surface area is 155 Å². The molecule has 0 bridgehead atoms. The van der Waals surface area contributed by atoms with Crippen molar-refractivity contribution in [3.63, 3.8) is 0 Å². The van der Waals surface area contributed by atoms with Crippen LogP contribution in [0.2, 0.25) is 0 Å². The predicted octanol–water partition coefficient (Wildman–Crippen LogP) is 6.33. The van der Waals surface area contributed by atoms with E-state index in [1.165, 1.54) is 0 Å². The van der Waals surface area contributed by atoms with E-state index < -0.39 is 86.0 Å². The first-order valence-corrected chi connectivity index (χ1v) is 7.63. The van der Waals surface area contributed by atoms with Gasteiger partial charge in [0.05, 0.1) is 5.56 Å². The highest BCUT2D eigenvalue weighted by atomic mass is 19.2. The second-order valence-electron chi connectivity index (χ2n) is 6.03. The molecular weight excluding hydrogens is 418 g/mol. The third-order valence-electron chi connectivity index (χ3n) is 4.51. The van der Waals surface area contributed by atoms with Crippen LogP contribution in [0, 0.1) is 64.6 Å². The van der Waals surface area contributed by atoms with Crippen LogP contribution >= 0.6 is 0 Å². The molecule has 0 saturated carbocycles. The Morgan fingerprint density at radius 3 is 1.38 bits per heavy atom. The molecule has 0 aromatic heterocycles. The van der Waals surface area contributed by atoms with Gasteiger partial charge in [-0.25, -0.2) is 43.9 Å². The first-order valence-electron chi connectivity index (χ1n) is 7.63. The highest BCUT2D eigenvalue weighted by Crippen LogP contribution is 2.47. The molecule has 29 heavy (non-hydrogen) atoms. The van der Waals surface area contributed by atoms with E-state index in [0.29, 0.717) is 6.07 Å². The zero-order chi connectivity index (χ0) is 21.4. The second-order valence-corrected chi connectivity index (χ2v) is 6.03. The first kappa shape index (κ1) is 19.3. The molecule has 0 aliphatic heterocycles. The molecule has 3 aromatic carbocycles. The van der Waals surface area contributed by atoms with Crippen LogP contribution in [0.1, 0.15) is 11.1 Å². The van der Waals surface area contributed by atoms with Gasteiger partial charge in [-0.15, -0.1) is 0 Å². The van der Waals surface area contributed by atoms with Gasteiger partial charge in [-0.1, -0.05) is 12.1 Å². The smallest absolute Gasteiger partial charge is 0.200 e. The molecule has 1 aliphatic carbocycles. The van der Waals surface area contributed by atoms with Crippen molar-refractivity contribution >= 4 is 0 Å². The van der Waals surface area contributed by atoms with Crippen molar-refractivity contribution < 1.29 is 43.9 Å². The normalized spacial score (nSPS) is 12.3. The molecule has 0 amide bonds. The van der Waals surface area contributed by atoms with Crippen molar-refractivity contribution in [2.45, 2.75) is 0 Å². The molecule has 3 aromatic rings. The highest BCUT2D eigenvalue weighted by molar-refractivity contribution is 5.86. The Bertz CT molecular complexity index is 1200. The average molecular weight is 421 g/mol. The van der Waals surface area contributed by atoms with Gasteiger partial charge >= 0.3 is 0 Å². The molecule has 0 fully saturated rings. The van der Waals surface area contributed by atoms with Crippen LogP contribution in [0.3, 0.4) is 0 Å². The molecule has 0 nitrogen and oxygen atoms in total. The Kier molecular flexibility index (Phi) is 4.14. The standard InChI is InChI=1S/C19H3F10/c20-10-5(9-13(23)17(27)19(29)18(28)14(9)24)2-1-4-3-6-8(7(4)10)12(22)16(26)15(25)11(6)21/h1-3H. The molecule has 1 aliphatic rings. The third kappa shape index (κ3) is 2.41. The summed E-state index contributed by atoms with van der Waals surface area (Å²) in [6.45, 7) is 0. The van der Waals surface area contributed by atoms with Gasteiger partial charge in [0.1, 0.15) is 5.82 Å². The maximum absolute atomic E-state index is 15.0. The quantitative estimate of drug-likeness (QED) is 0.192. The zero-order valence-electron chi connectivity index (χ0n) is 13.5. The van der Waals surface area contributed by atoms with E-state index in [0.717, 1.165) is 12.5 Å². The van der Waals surface area contributed by atoms with Gasteiger partial charge in [0.2, 0.25) is 5.82 Å². The lowest BCUT2D eigenvalue weighted by molar-refractivity contribution is 0.381. The lowest BCUT2D eigenvalue weighted by atomic mass is 9.96. The van der Waals surface area contributed by atoms with E-state index in [1.54, 1.807) is 0 Å². The fourth-order valence-corrected chi connectivity index (χ4v) is 3.18. The highest BCUT2D eigenvalue weighted by Gasteiger charge is 2.36. The minimum Gasteiger partial charge on any atom is -0.206 e. The lowest BCUT2D eigenvalue weighted by Crippen LogP contribution is -2.06. The van der Waals surface area contributed by atoms with E-state index in [-0.39, 0.29) is 5.56 Å². The largest absolute Gasteiger partial charge is 0.206 e.